The quantitative estimate of drug-likeness (QED) is 0.101. The summed E-state index contributed by atoms with van der Waals surface area (Å²) in [5, 5.41) is 0. The molecule has 316 valence electrons. The lowest BCUT2D eigenvalue weighted by Gasteiger charge is -2.39. The molecule has 2 rings (SSSR count). The van der Waals surface area contributed by atoms with Gasteiger partial charge in [-0.25, -0.2) is 0 Å². The fourth-order valence-corrected chi connectivity index (χ4v) is 42.1. The molecule has 2 aliphatic heterocycles. The monoisotopic (exact) mass is 928 g/mol. The fourth-order valence-electron chi connectivity index (χ4n) is 6.37. The van der Waals surface area contributed by atoms with Crippen LogP contribution in [0.2, 0.25) is 68.5 Å². The Morgan fingerprint density at radius 3 is 1.69 bits per heavy atom. The van der Waals surface area contributed by atoms with E-state index in [1.54, 1.807) is 0 Å². The van der Waals surface area contributed by atoms with E-state index in [9.17, 15) is 0 Å². The van der Waals surface area contributed by atoms with Crippen molar-refractivity contribution in [1.82, 2.24) is 0 Å². The van der Waals surface area contributed by atoms with Gasteiger partial charge in [-0.05, 0) is 93.7 Å². The molecule has 52 heavy (non-hydrogen) atoms. The van der Waals surface area contributed by atoms with Gasteiger partial charge in [-0.3, -0.25) is 0 Å². The van der Waals surface area contributed by atoms with Gasteiger partial charge in [0.15, 0.2) is 9.76 Å². The van der Waals surface area contributed by atoms with Gasteiger partial charge >= 0.3 is 27.1 Å². The third-order valence-corrected chi connectivity index (χ3v) is 41.0. The van der Waals surface area contributed by atoms with Crippen LogP contribution in [0.5, 0.6) is 0 Å². The highest BCUT2D eigenvalue weighted by molar-refractivity contribution is 6.81. The molecule has 0 aromatic rings. The first kappa shape index (κ1) is 56.1. The van der Waals surface area contributed by atoms with E-state index < -0.39 is 103 Å². The van der Waals surface area contributed by atoms with Crippen molar-refractivity contribution in [2.24, 2.45) is 5.92 Å². The molecule has 0 aromatic carbocycles. The van der Waals surface area contributed by atoms with Crippen LogP contribution in [-0.4, -0.2) is 103 Å². The van der Waals surface area contributed by atoms with Crippen molar-refractivity contribution in [3.63, 3.8) is 0 Å². The molecule has 0 radical (unpaired) electrons. The highest BCUT2D eigenvalue weighted by Gasteiger charge is 2.41. The van der Waals surface area contributed by atoms with Crippen molar-refractivity contribution in [2.75, 3.05) is 0 Å². The number of hydrogen-bond acceptors (Lipinski definition) is 10. The van der Waals surface area contributed by atoms with Gasteiger partial charge in [0.25, 0.3) is 56.4 Å². The van der Waals surface area contributed by atoms with Crippen LogP contribution < -0.4 is 0 Å². The Kier molecular flexibility index (Phi) is 38.9. The zero-order chi connectivity index (χ0) is 40.0. The van der Waals surface area contributed by atoms with Crippen LogP contribution >= 0.6 is 0 Å². The van der Waals surface area contributed by atoms with Crippen LogP contribution in [0.1, 0.15) is 127 Å². The smallest absolute Gasteiger partial charge is 0.317 e. The first-order valence-electron chi connectivity index (χ1n) is 21.4. The van der Waals surface area contributed by atoms with Crippen LogP contribution in [-0.2, 0) is 41.2 Å². The number of rotatable bonds is 21. The lowest BCUT2D eigenvalue weighted by molar-refractivity contribution is 0.261. The Morgan fingerprint density at radius 2 is 1.15 bits per heavy atom. The Hall–Kier alpha value is 1.99. The standard InChI is InChI=1S/C25H70O10Si11.3C2H6/c1-11-15-23(3)19-22-46(10)34-42(8)32-45(33-43(9)35-46)24(4)17-13-14-20-36-26-38-27-37-25(16-12-2)18-21-44-30-40(6)28-39(5)29-41(7)31-44;3*1-2/h23-25,39-45H,11-22,36-38H2,1-10H3;3*1-2H3. The van der Waals surface area contributed by atoms with E-state index in [2.05, 4.69) is 67.0 Å². The van der Waals surface area contributed by atoms with Crippen molar-refractivity contribution in [1.29, 1.82) is 0 Å². The molecule has 7 atom stereocenters. The van der Waals surface area contributed by atoms with E-state index >= 15 is 0 Å². The van der Waals surface area contributed by atoms with E-state index in [-0.39, 0.29) is 0 Å². The molecule has 10 nitrogen and oxygen atoms in total. The van der Waals surface area contributed by atoms with E-state index in [1.165, 1.54) is 51.0 Å². The van der Waals surface area contributed by atoms with Gasteiger partial charge in [0.2, 0.25) is 0 Å². The van der Waals surface area contributed by atoms with Crippen LogP contribution in [0.3, 0.4) is 0 Å². The van der Waals surface area contributed by atoms with E-state index in [1.807, 2.05) is 41.5 Å². The van der Waals surface area contributed by atoms with Crippen LogP contribution in [0.15, 0.2) is 0 Å². The summed E-state index contributed by atoms with van der Waals surface area (Å²) < 4.78 is 63.6. The van der Waals surface area contributed by atoms with Gasteiger partial charge in [-0.2, -0.15) is 0 Å². The minimum Gasteiger partial charge on any atom is -0.446 e. The molecule has 0 amide bonds. The summed E-state index contributed by atoms with van der Waals surface area (Å²) in [6.07, 6.45) is 10.9. The Bertz CT molecular complexity index is 765. The zero-order valence-corrected chi connectivity index (χ0v) is 50.3. The molecule has 0 aromatic heterocycles. The summed E-state index contributed by atoms with van der Waals surface area (Å²) in [7, 11) is -15.9. The lowest BCUT2D eigenvalue weighted by atomic mass is 10.0. The lowest BCUT2D eigenvalue weighted by Crippen LogP contribution is -2.54. The maximum atomic E-state index is 6.63. The molecule has 0 saturated carbocycles. The van der Waals surface area contributed by atoms with Gasteiger partial charge in [0, 0.05) is 0 Å². The molecular formula is C31H88O10Si11. The summed E-state index contributed by atoms with van der Waals surface area (Å²) in [6.45, 7) is 34.1. The molecule has 2 aliphatic rings. The summed E-state index contributed by atoms with van der Waals surface area (Å²) in [6, 6.07) is 3.34. The molecular weight excluding hydrogens is 841 g/mol. The summed E-state index contributed by atoms with van der Waals surface area (Å²) in [5.41, 5.74) is 1.18. The maximum Gasteiger partial charge on any atom is 0.317 e. The summed E-state index contributed by atoms with van der Waals surface area (Å²) in [5.74, 6) is 0.727. The van der Waals surface area contributed by atoms with E-state index in [4.69, 9.17) is 41.2 Å². The molecule has 2 fully saturated rings. The Labute approximate surface area is 343 Å². The van der Waals surface area contributed by atoms with Gasteiger partial charge in [0.1, 0.15) is 9.76 Å². The van der Waals surface area contributed by atoms with E-state index in [0.29, 0.717) is 11.1 Å². The molecule has 7 unspecified atom stereocenters. The number of hydrogen-bond donors (Lipinski definition) is 0. The topological polar surface area (TPSA) is 92.3 Å². The van der Waals surface area contributed by atoms with E-state index in [0.717, 1.165) is 30.8 Å². The van der Waals surface area contributed by atoms with Crippen LogP contribution in [0.25, 0.3) is 0 Å². The Balaban J connectivity index is 0. The average Bonchev–Trinajstić information content (AvgIpc) is 3.09. The predicted octanol–water partition coefficient (Wildman–Crippen LogP) is 5.97. The molecule has 0 spiro atoms. The van der Waals surface area contributed by atoms with Crippen LogP contribution in [0, 0.1) is 5.92 Å². The van der Waals surface area contributed by atoms with Gasteiger partial charge in [0.05, 0.1) is 0 Å². The minimum absolute atomic E-state index is 0.481. The molecule has 2 saturated heterocycles. The van der Waals surface area contributed by atoms with Crippen molar-refractivity contribution in [2.45, 2.75) is 196 Å². The van der Waals surface area contributed by atoms with Crippen molar-refractivity contribution in [3.8, 4) is 0 Å². The van der Waals surface area contributed by atoms with Gasteiger partial charge in [-0.15, -0.1) is 0 Å². The fraction of sp³-hybridized carbons (Fsp3) is 1.00. The second-order valence-corrected chi connectivity index (χ2v) is 40.0. The Morgan fingerprint density at radius 1 is 0.615 bits per heavy atom. The van der Waals surface area contributed by atoms with Crippen molar-refractivity contribution in [3.05, 3.63) is 0 Å². The average molecular weight is 930 g/mol. The predicted molar refractivity (Wildman–Crippen MR) is 251 cm³/mol. The van der Waals surface area contributed by atoms with Crippen molar-refractivity contribution >= 4 is 103 Å². The summed E-state index contributed by atoms with van der Waals surface area (Å²) in [4.78, 5) is 0. The molecule has 21 heteroatoms. The zero-order valence-electron chi connectivity index (χ0n) is 37.0. The normalized spacial score (nSPS) is 30.6. The van der Waals surface area contributed by atoms with Gasteiger partial charge in [-0.1, -0.05) is 108 Å². The second kappa shape index (κ2) is 36.1. The molecule has 0 aliphatic carbocycles. The summed E-state index contributed by atoms with van der Waals surface area (Å²) >= 11 is 0. The highest BCUT2D eigenvalue weighted by atomic mass is 28.5. The molecule has 2 heterocycles. The highest BCUT2D eigenvalue weighted by Crippen LogP contribution is 2.29. The number of unbranched alkanes of at least 4 members (excludes halogenated alkanes) is 1. The maximum absolute atomic E-state index is 6.63. The largest absolute Gasteiger partial charge is 0.446 e. The third kappa shape index (κ3) is 28.4. The SMILES string of the molecule is CC.CC.CC.CCCC(C)CC[Si]1(C)O[SiH](C)O[SiH](C(C)CCCC[SiH2]O[SiH2]O[SiH2]C(CCC)CC[SiH]2O[SiH](C)O[SiH](C)O[SiH](C)O2)O[SiH](C)O1. The molecule has 0 bridgehead atoms. The second-order valence-electron chi connectivity index (χ2n) is 13.7. The first-order chi connectivity index (χ1) is 24.9. The minimum atomic E-state index is -2.22. The van der Waals surface area contributed by atoms with Crippen molar-refractivity contribution < 1.29 is 41.2 Å². The molecule has 0 N–H and O–H groups in total. The third-order valence-electron chi connectivity index (χ3n) is 8.75. The van der Waals surface area contributed by atoms with Gasteiger partial charge < -0.3 is 41.2 Å². The van der Waals surface area contributed by atoms with Crippen LogP contribution in [0.4, 0.5) is 0 Å². The first-order valence-corrected chi connectivity index (χ1v) is 41.9.